The smallest absolute Gasteiger partial charge is 0.264 e. The molecule has 0 unspecified atom stereocenters. The highest BCUT2D eigenvalue weighted by atomic mass is 35.5. The number of halogens is 3. The van der Waals surface area contributed by atoms with Crippen LogP contribution >= 0.6 is 35.0 Å². The van der Waals surface area contributed by atoms with Crippen LogP contribution in [0.3, 0.4) is 0 Å². The molecule has 1 aliphatic rings. The zero-order chi connectivity index (χ0) is 16.4. The van der Waals surface area contributed by atoms with Crippen LogP contribution < -0.4 is 5.32 Å². The first-order valence-corrected chi connectivity index (χ1v) is 8.09. The lowest BCUT2D eigenvalue weighted by molar-refractivity contribution is -0.115. The van der Waals surface area contributed by atoms with Gasteiger partial charge in [-0.15, -0.1) is 0 Å². The summed E-state index contributed by atoms with van der Waals surface area (Å²) < 4.78 is 13.7. The van der Waals surface area contributed by atoms with Crippen LogP contribution in [0.1, 0.15) is 5.56 Å². The molecule has 0 bridgehead atoms. The zero-order valence-electron chi connectivity index (χ0n) is 11.5. The van der Waals surface area contributed by atoms with E-state index < -0.39 is 0 Å². The summed E-state index contributed by atoms with van der Waals surface area (Å²) in [5, 5.41) is 3.84. The van der Waals surface area contributed by atoms with Gasteiger partial charge in [0.15, 0.2) is 5.17 Å². The summed E-state index contributed by atoms with van der Waals surface area (Å²) in [7, 11) is 0. The summed E-state index contributed by atoms with van der Waals surface area (Å²) in [6.07, 6.45) is 1.49. The first kappa shape index (κ1) is 16.1. The van der Waals surface area contributed by atoms with Gasteiger partial charge >= 0.3 is 0 Å². The van der Waals surface area contributed by atoms with Crippen LogP contribution in [0.15, 0.2) is 52.4 Å². The van der Waals surface area contributed by atoms with E-state index in [0.717, 1.165) is 11.8 Å². The number of aliphatic imine (C=N–C) groups is 1. The van der Waals surface area contributed by atoms with Crippen molar-refractivity contribution in [2.45, 2.75) is 0 Å². The summed E-state index contributed by atoms with van der Waals surface area (Å²) in [5.74, 6) is -0.708. The molecule has 7 heteroatoms. The van der Waals surface area contributed by atoms with Crippen molar-refractivity contribution in [2.75, 3.05) is 0 Å². The molecule has 0 aromatic heterocycles. The van der Waals surface area contributed by atoms with Crippen LogP contribution in [0.5, 0.6) is 0 Å². The molecular weight excluding hydrogens is 358 g/mol. The Bertz CT molecular complexity index is 852. The molecule has 1 aliphatic heterocycles. The summed E-state index contributed by atoms with van der Waals surface area (Å²) in [6, 6.07) is 11.2. The van der Waals surface area contributed by atoms with Crippen LogP contribution in [-0.4, -0.2) is 11.1 Å². The van der Waals surface area contributed by atoms with Gasteiger partial charge in [0.25, 0.3) is 5.91 Å². The second kappa shape index (κ2) is 6.74. The fourth-order valence-corrected chi connectivity index (χ4v) is 3.01. The molecule has 1 amide bonds. The third-order valence-corrected chi connectivity index (χ3v) is 4.63. The van der Waals surface area contributed by atoms with Gasteiger partial charge in [-0.05, 0) is 42.1 Å². The molecule has 1 N–H and O–H groups in total. The topological polar surface area (TPSA) is 41.5 Å². The normalized spacial score (nSPS) is 17.8. The van der Waals surface area contributed by atoms with E-state index in [1.807, 2.05) is 0 Å². The predicted octanol–water partition coefficient (Wildman–Crippen LogP) is 5.02. The molecule has 1 fully saturated rings. The molecule has 0 radical (unpaired) electrons. The highest BCUT2D eigenvalue weighted by Gasteiger charge is 2.24. The molecule has 3 rings (SSSR count). The van der Waals surface area contributed by atoms with Crippen LogP contribution in [0.25, 0.3) is 6.08 Å². The average Bonchev–Trinajstić information content (AvgIpc) is 2.85. The van der Waals surface area contributed by atoms with E-state index >= 15 is 0 Å². The van der Waals surface area contributed by atoms with Crippen molar-refractivity contribution in [1.29, 1.82) is 0 Å². The van der Waals surface area contributed by atoms with Gasteiger partial charge in [0.2, 0.25) is 0 Å². The molecule has 1 heterocycles. The monoisotopic (exact) mass is 366 g/mol. The molecule has 1 saturated heterocycles. The lowest BCUT2D eigenvalue weighted by Gasteiger charge is -1.99. The highest BCUT2D eigenvalue weighted by molar-refractivity contribution is 8.18. The number of hydrogen-bond donors (Lipinski definition) is 1. The molecule has 2 aromatic carbocycles. The van der Waals surface area contributed by atoms with Gasteiger partial charge in [-0.3, -0.25) is 4.79 Å². The minimum absolute atomic E-state index is 0.322. The number of hydrogen-bond acceptors (Lipinski definition) is 3. The Balaban J connectivity index is 1.86. The fraction of sp³-hybridized carbons (Fsp3) is 0. The maximum Gasteiger partial charge on any atom is 0.264 e. The maximum atomic E-state index is 13.7. The second-order valence-corrected chi connectivity index (χ2v) is 6.45. The first-order chi connectivity index (χ1) is 11.0. The largest absolute Gasteiger partial charge is 0.300 e. The van der Waals surface area contributed by atoms with Crippen LogP contribution in [-0.2, 0) is 4.79 Å². The van der Waals surface area contributed by atoms with Gasteiger partial charge < -0.3 is 5.32 Å². The number of nitrogens with zero attached hydrogens (tertiary/aromatic N) is 1. The number of carbonyl (C=O) groups excluding carboxylic acids is 1. The van der Waals surface area contributed by atoms with Gasteiger partial charge in [0.05, 0.1) is 20.6 Å². The fourth-order valence-electron chi connectivity index (χ4n) is 1.89. The Hall–Kier alpha value is -1.82. The molecule has 0 saturated carbocycles. The molecule has 0 spiro atoms. The summed E-state index contributed by atoms with van der Waals surface area (Å²) in [5.41, 5.74) is 0.912. The van der Waals surface area contributed by atoms with Crippen LogP contribution in [0.4, 0.5) is 10.1 Å². The molecule has 116 valence electrons. The Morgan fingerprint density at radius 3 is 2.65 bits per heavy atom. The van der Waals surface area contributed by atoms with Crippen molar-refractivity contribution in [1.82, 2.24) is 5.32 Å². The average molecular weight is 367 g/mol. The molecular formula is C16H9Cl2FN2OS. The van der Waals surface area contributed by atoms with E-state index in [-0.39, 0.29) is 11.7 Å². The van der Waals surface area contributed by atoms with Crippen LogP contribution in [0.2, 0.25) is 10.0 Å². The van der Waals surface area contributed by atoms with Crippen LogP contribution in [0, 0.1) is 5.82 Å². The van der Waals surface area contributed by atoms with Gasteiger partial charge in [0, 0.05) is 5.56 Å². The summed E-state index contributed by atoms with van der Waals surface area (Å²) in [6.45, 7) is 0. The number of amides is 1. The minimum atomic E-state index is -0.386. The minimum Gasteiger partial charge on any atom is -0.300 e. The lowest BCUT2D eigenvalue weighted by atomic mass is 10.2. The van der Waals surface area contributed by atoms with E-state index in [1.54, 1.807) is 36.4 Å². The number of amidine groups is 1. The third kappa shape index (κ3) is 3.75. The molecule has 3 nitrogen and oxygen atoms in total. The Labute approximate surface area is 146 Å². The summed E-state index contributed by atoms with van der Waals surface area (Å²) >= 11 is 12.9. The molecule has 0 atom stereocenters. The van der Waals surface area contributed by atoms with Crippen molar-refractivity contribution in [3.05, 3.63) is 68.8 Å². The lowest BCUT2D eigenvalue weighted by Crippen LogP contribution is -2.19. The van der Waals surface area contributed by atoms with Crippen molar-refractivity contribution < 1.29 is 9.18 Å². The van der Waals surface area contributed by atoms with Gasteiger partial charge in [-0.1, -0.05) is 41.4 Å². The van der Waals surface area contributed by atoms with E-state index in [0.29, 0.717) is 31.4 Å². The number of rotatable bonds is 2. The first-order valence-electron chi connectivity index (χ1n) is 6.52. The molecule has 23 heavy (non-hydrogen) atoms. The van der Waals surface area contributed by atoms with Crippen molar-refractivity contribution >= 4 is 57.8 Å². The Morgan fingerprint density at radius 2 is 1.91 bits per heavy atom. The van der Waals surface area contributed by atoms with Crippen molar-refractivity contribution in [3.63, 3.8) is 0 Å². The number of benzene rings is 2. The molecule has 2 aromatic rings. The molecule has 0 aliphatic carbocycles. The summed E-state index contributed by atoms with van der Waals surface area (Å²) in [4.78, 5) is 16.6. The van der Waals surface area contributed by atoms with E-state index in [2.05, 4.69) is 10.3 Å². The number of carbonyl (C=O) groups is 1. The quantitative estimate of drug-likeness (QED) is 0.757. The SMILES string of the molecule is O=C1NC(=Nc2ccc(Cl)c(Cl)c2)SC1=Cc1ccccc1F. The Morgan fingerprint density at radius 1 is 1.13 bits per heavy atom. The van der Waals surface area contributed by atoms with E-state index in [9.17, 15) is 9.18 Å². The maximum absolute atomic E-state index is 13.7. The Kier molecular flexibility index (Phi) is 4.71. The van der Waals surface area contributed by atoms with Crippen molar-refractivity contribution in [2.24, 2.45) is 4.99 Å². The van der Waals surface area contributed by atoms with Gasteiger partial charge in [0.1, 0.15) is 5.82 Å². The number of thioether (sulfide) groups is 1. The van der Waals surface area contributed by atoms with Crippen molar-refractivity contribution in [3.8, 4) is 0 Å². The van der Waals surface area contributed by atoms with E-state index in [4.69, 9.17) is 23.2 Å². The third-order valence-electron chi connectivity index (χ3n) is 2.98. The zero-order valence-corrected chi connectivity index (χ0v) is 13.8. The van der Waals surface area contributed by atoms with E-state index in [1.165, 1.54) is 12.1 Å². The van der Waals surface area contributed by atoms with Gasteiger partial charge in [-0.2, -0.15) is 0 Å². The van der Waals surface area contributed by atoms with Gasteiger partial charge in [-0.25, -0.2) is 9.38 Å². The second-order valence-electron chi connectivity index (χ2n) is 4.60. The predicted molar refractivity (Wildman–Crippen MR) is 93.7 cm³/mol. The highest BCUT2D eigenvalue weighted by Crippen LogP contribution is 2.31. The standard InChI is InChI=1S/C16H9Cl2FN2OS/c17-11-6-5-10(8-12(11)18)20-16-21-15(22)14(23-16)7-9-3-1-2-4-13(9)19/h1-8H,(H,20,21,22). The number of nitrogens with one attached hydrogen (secondary N) is 1.